The highest BCUT2D eigenvalue weighted by Crippen LogP contribution is 2.20. The molecule has 33 heavy (non-hydrogen) atoms. The zero-order valence-electron chi connectivity index (χ0n) is 19.1. The van der Waals surface area contributed by atoms with Crippen LogP contribution in [0.1, 0.15) is 30.5 Å². The van der Waals surface area contributed by atoms with Crippen molar-refractivity contribution in [2.45, 2.75) is 25.8 Å². The average Bonchev–Trinajstić information content (AvgIpc) is 3.28. The molecule has 0 radical (unpaired) electrons. The van der Waals surface area contributed by atoms with Gasteiger partial charge in [-0.25, -0.2) is 0 Å². The maximum atomic E-state index is 6.00. The first kappa shape index (κ1) is 21.9. The summed E-state index contributed by atoms with van der Waals surface area (Å²) in [6.45, 7) is 7.46. The third-order valence-corrected chi connectivity index (χ3v) is 6.29. The monoisotopic (exact) mass is 448 g/mol. The smallest absolute Gasteiger partial charge is 0.319 e. The summed E-state index contributed by atoms with van der Waals surface area (Å²) in [7, 11) is 0. The molecule has 8 nitrogen and oxygen atoms in total. The molecule has 2 aromatic heterocycles. The molecule has 2 fully saturated rings. The van der Waals surface area contributed by atoms with Crippen LogP contribution in [0.2, 0.25) is 0 Å². The molecule has 2 saturated heterocycles. The number of benzene rings is 1. The van der Waals surface area contributed by atoms with Crippen molar-refractivity contribution in [2.75, 3.05) is 57.4 Å². The normalized spacial score (nSPS) is 17.8. The number of fused-ring (bicyclic) bond motifs is 1. The number of ether oxygens (including phenoxy) is 2. The van der Waals surface area contributed by atoms with Crippen LogP contribution >= 0.6 is 0 Å². The Balaban J connectivity index is 1.29. The number of H-pyrrole nitrogens is 1. The number of hydrogen-bond acceptors (Lipinski definition) is 7. The van der Waals surface area contributed by atoms with Crippen LogP contribution < -0.4 is 9.64 Å². The standard InChI is InChI=1S/C25H32N6O2/c1-4-8-30(9-5-1)10-15-33-25-28-21(16-24(29-25)31-11-13-32-14-12-31)19-26-17-20-18-27-23-7-3-2-6-22(20)23/h2-3,6-7,16,18-19,27H,1,4-5,8-15,17H2. The molecular weight excluding hydrogens is 416 g/mol. The second-order valence-corrected chi connectivity index (χ2v) is 8.61. The van der Waals surface area contributed by atoms with Crippen molar-refractivity contribution in [3.63, 3.8) is 0 Å². The quantitative estimate of drug-likeness (QED) is 0.533. The number of aliphatic imine (C=N–C) groups is 1. The van der Waals surface area contributed by atoms with Crippen molar-refractivity contribution in [1.29, 1.82) is 0 Å². The molecule has 1 N–H and O–H groups in total. The number of hydrogen-bond donors (Lipinski definition) is 1. The Labute approximate surface area is 194 Å². The van der Waals surface area contributed by atoms with Gasteiger partial charge in [-0.2, -0.15) is 9.97 Å². The number of morpholine rings is 1. The van der Waals surface area contributed by atoms with Crippen molar-refractivity contribution < 1.29 is 9.47 Å². The Morgan fingerprint density at radius 2 is 1.91 bits per heavy atom. The number of nitrogens with one attached hydrogen (secondary N) is 1. The summed E-state index contributed by atoms with van der Waals surface area (Å²) in [6, 6.07) is 10.7. The predicted molar refractivity (Wildman–Crippen MR) is 130 cm³/mol. The minimum atomic E-state index is 0.421. The van der Waals surface area contributed by atoms with E-state index < -0.39 is 0 Å². The number of rotatable bonds is 8. The van der Waals surface area contributed by atoms with E-state index in [2.05, 4.69) is 43.0 Å². The molecule has 0 saturated carbocycles. The van der Waals surface area contributed by atoms with E-state index in [1.54, 1.807) is 0 Å². The van der Waals surface area contributed by atoms with Gasteiger partial charge in [0.2, 0.25) is 0 Å². The maximum Gasteiger partial charge on any atom is 0.319 e. The van der Waals surface area contributed by atoms with Gasteiger partial charge >= 0.3 is 6.01 Å². The number of aromatic nitrogens is 3. The van der Waals surface area contributed by atoms with Crippen LogP contribution in [0.5, 0.6) is 6.01 Å². The predicted octanol–water partition coefficient (Wildman–Crippen LogP) is 3.28. The largest absolute Gasteiger partial charge is 0.462 e. The van der Waals surface area contributed by atoms with Crippen LogP contribution in [-0.4, -0.2) is 78.6 Å². The Morgan fingerprint density at radius 1 is 1.06 bits per heavy atom. The highest BCUT2D eigenvalue weighted by Gasteiger charge is 2.16. The van der Waals surface area contributed by atoms with E-state index in [4.69, 9.17) is 14.5 Å². The molecule has 0 spiro atoms. The van der Waals surface area contributed by atoms with Gasteiger partial charge in [0.25, 0.3) is 0 Å². The lowest BCUT2D eigenvalue weighted by molar-refractivity contribution is 0.122. The van der Waals surface area contributed by atoms with Crippen molar-refractivity contribution in [3.8, 4) is 6.01 Å². The molecule has 2 aliphatic rings. The van der Waals surface area contributed by atoms with Crippen LogP contribution in [0, 0.1) is 0 Å². The first-order valence-electron chi connectivity index (χ1n) is 12.0. The van der Waals surface area contributed by atoms with E-state index in [0.717, 1.165) is 49.8 Å². The summed E-state index contributed by atoms with van der Waals surface area (Å²) in [5.41, 5.74) is 3.06. The molecule has 1 aromatic carbocycles. The highest BCUT2D eigenvalue weighted by molar-refractivity contribution is 5.83. The summed E-state index contributed by atoms with van der Waals surface area (Å²) in [5.74, 6) is 0.870. The number of likely N-dealkylation sites (tertiary alicyclic amines) is 1. The molecule has 3 aromatic rings. The molecule has 0 aliphatic carbocycles. The van der Waals surface area contributed by atoms with Gasteiger partial charge in [-0.15, -0.1) is 0 Å². The molecule has 8 heteroatoms. The number of anilines is 1. The van der Waals surface area contributed by atoms with Crippen LogP contribution in [0.3, 0.4) is 0 Å². The van der Waals surface area contributed by atoms with Crippen LogP contribution in [0.15, 0.2) is 41.5 Å². The summed E-state index contributed by atoms with van der Waals surface area (Å²) in [6.07, 6.45) is 7.74. The Kier molecular flexibility index (Phi) is 7.13. The lowest BCUT2D eigenvalue weighted by Gasteiger charge is -2.28. The Bertz CT molecular complexity index is 1070. The van der Waals surface area contributed by atoms with Gasteiger partial charge in [-0.05, 0) is 37.6 Å². The van der Waals surface area contributed by atoms with Gasteiger partial charge < -0.3 is 19.4 Å². The zero-order valence-corrected chi connectivity index (χ0v) is 19.1. The highest BCUT2D eigenvalue weighted by atomic mass is 16.5. The Morgan fingerprint density at radius 3 is 2.79 bits per heavy atom. The molecule has 0 bridgehead atoms. The van der Waals surface area contributed by atoms with Gasteiger partial charge in [0.1, 0.15) is 12.4 Å². The Hall–Kier alpha value is -2.97. The molecule has 2 aliphatic heterocycles. The molecule has 4 heterocycles. The molecule has 0 atom stereocenters. The van der Waals surface area contributed by atoms with Crippen LogP contribution in [0.4, 0.5) is 5.82 Å². The molecule has 174 valence electrons. The minimum absolute atomic E-state index is 0.421. The molecule has 0 amide bonds. The first-order chi connectivity index (χ1) is 16.3. The maximum absolute atomic E-state index is 6.00. The fourth-order valence-electron chi connectivity index (χ4n) is 4.46. The van der Waals surface area contributed by atoms with E-state index in [0.29, 0.717) is 32.4 Å². The minimum Gasteiger partial charge on any atom is -0.462 e. The SMILES string of the molecule is C(=NCc1c[nH]c2ccccc12)c1cc(N2CCOCC2)nc(OCCN2CCCCC2)n1. The summed E-state index contributed by atoms with van der Waals surface area (Å²) in [5, 5.41) is 1.20. The van der Waals surface area contributed by atoms with E-state index in [1.165, 1.54) is 30.2 Å². The number of piperidine rings is 1. The summed E-state index contributed by atoms with van der Waals surface area (Å²) < 4.78 is 11.5. The van der Waals surface area contributed by atoms with Gasteiger partial charge in [0.15, 0.2) is 0 Å². The first-order valence-corrected chi connectivity index (χ1v) is 12.0. The van der Waals surface area contributed by atoms with Gasteiger partial charge in [0.05, 0.1) is 25.5 Å². The topological polar surface area (TPSA) is 78.9 Å². The van der Waals surface area contributed by atoms with Gasteiger partial charge in [0, 0.05) is 49.0 Å². The number of nitrogens with zero attached hydrogens (tertiary/aromatic N) is 5. The second-order valence-electron chi connectivity index (χ2n) is 8.61. The third-order valence-electron chi connectivity index (χ3n) is 6.29. The van der Waals surface area contributed by atoms with Gasteiger partial charge in [-0.3, -0.25) is 9.89 Å². The lowest BCUT2D eigenvalue weighted by Crippen LogP contribution is -2.37. The van der Waals surface area contributed by atoms with E-state index in [9.17, 15) is 0 Å². The van der Waals surface area contributed by atoms with Crippen LogP contribution in [-0.2, 0) is 11.3 Å². The average molecular weight is 449 g/mol. The van der Waals surface area contributed by atoms with Crippen molar-refractivity contribution in [3.05, 3.63) is 47.8 Å². The fourth-order valence-corrected chi connectivity index (χ4v) is 4.46. The molecule has 0 unspecified atom stereocenters. The molecular formula is C25H32N6O2. The second kappa shape index (κ2) is 10.8. The van der Waals surface area contributed by atoms with Gasteiger partial charge in [-0.1, -0.05) is 24.6 Å². The van der Waals surface area contributed by atoms with Crippen molar-refractivity contribution >= 4 is 22.9 Å². The number of aromatic amines is 1. The van der Waals surface area contributed by atoms with E-state index in [1.807, 2.05) is 24.5 Å². The van der Waals surface area contributed by atoms with E-state index in [-0.39, 0.29) is 0 Å². The molecule has 5 rings (SSSR count). The van der Waals surface area contributed by atoms with Crippen LogP contribution in [0.25, 0.3) is 10.9 Å². The summed E-state index contributed by atoms with van der Waals surface area (Å²) >= 11 is 0. The van der Waals surface area contributed by atoms with Crippen molar-refractivity contribution in [1.82, 2.24) is 19.9 Å². The zero-order chi connectivity index (χ0) is 22.3. The van der Waals surface area contributed by atoms with Crippen molar-refractivity contribution in [2.24, 2.45) is 4.99 Å². The third kappa shape index (κ3) is 5.69. The van der Waals surface area contributed by atoms with E-state index >= 15 is 0 Å². The lowest BCUT2D eigenvalue weighted by atomic mass is 10.1. The fraction of sp³-hybridized carbons (Fsp3) is 0.480. The number of para-hydroxylation sites is 1. The summed E-state index contributed by atoms with van der Waals surface area (Å²) in [4.78, 5) is 22.0.